The van der Waals surface area contributed by atoms with Crippen LogP contribution in [0.5, 0.6) is 0 Å². The van der Waals surface area contributed by atoms with Crippen LogP contribution in [0.25, 0.3) is 0 Å². The summed E-state index contributed by atoms with van der Waals surface area (Å²) in [5.41, 5.74) is 6.21. The van der Waals surface area contributed by atoms with E-state index in [0.29, 0.717) is 11.4 Å². The van der Waals surface area contributed by atoms with Crippen LogP contribution in [0.3, 0.4) is 0 Å². The average Bonchev–Trinajstić information content (AvgIpc) is 3.01. The molecule has 0 bridgehead atoms. The Labute approximate surface area is 141 Å². The third-order valence-corrected chi connectivity index (χ3v) is 3.07. The zero-order valence-corrected chi connectivity index (χ0v) is 13.2. The second-order valence-corrected chi connectivity index (χ2v) is 5.05. The third kappa shape index (κ3) is 4.28. The summed E-state index contributed by atoms with van der Waals surface area (Å²) < 4.78 is 23.2. The number of nitrogens with zero attached hydrogens (tertiary/aromatic N) is 3. The second kappa shape index (κ2) is 6.95. The first-order chi connectivity index (χ1) is 12.0. The topological polar surface area (TPSA) is 116 Å². The molecule has 0 aliphatic heterocycles. The zero-order chi connectivity index (χ0) is 17.8. The van der Waals surface area contributed by atoms with Crippen molar-refractivity contribution in [3.05, 3.63) is 59.6 Å². The first-order valence-corrected chi connectivity index (χ1v) is 7.26. The van der Waals surface area contributed by atoms with Gasteiger partial charge in [0.05, 0.1) is 0 Å². The number of nitrogens with two attached hydrogens (primary N) is 1. The molecular weight excluding hydrogens is 329 g/mol. The lowest BCUT2D eigenvalue weighted by Gasteiger charge is -2.07. The summed E-state index contributed by atoms with van der Waals surface area (Å²) in [5.74, 6) is -0.0415. The Morgan fingerprint density at radius 1 is 1.20 bits per heavy atom. The van der Waals surface area contributed by atoms with Gasteiger partial charge in [-0.25, -0.2) is 9.18 Å². The Morgan fingerprint density at radius 3 is 2.64 bits per heavy atom. The van der Waals surface area contributed by atoms with Crippen molar-refractivity contribution in [2.75, 3.05) is 11.1 Å². The summed E-state index contributed by atoms with van der Waals surface area (Å²) in [4.78, 5) is 23.8. The van der Waals surface area contributed by atoms with Crippen molar-refractivity contribution in [1.29, 1.82) is 0 Å². The Bertz CT molecular complexity index is 895. The van der Waals surface area contributed by atoms with E-state index in [1.165, 1.54) is 30.3 Å². The van der Waals surface area contributed by atoms with E-state index in [-0.39, 0.29) is 35.9 Å². The van der Waals surface area contributed by atoms with Crippen LogP contribution >= 0.6 is 0 Å². The maximum Gasteiger partial charge on any atom is 0.374 e. The standard InChI is InChI=1S/C16H14FN5O3/c1-9-2-7-12(25-9)14(23)24-8-13-20-15(18)22-16(21-13)19-11-5-3-10(17)4-6-11/h2-7H,8H2,1H3,(H3,18,19,20,21,22). The predicted molar refractivity (Wildman–Crippen MR) is 86.5 cm³/mol. The summed E-state index contributed by atoms with van der Waals surface area (Å²) in [6, 6.07) is 8.80. The molecule has 128 valence electrons. The van der Waals surface area contributed by atoms with Crippen molar-refractivity contribution in [1.82, 2.24) is 15.0 Å². The number of nitrogens with one attached hydrogen (secondary N) is 1. The molecule has 3 N–H and O–H groups in total. The number of nitrogen functional groups attached to an aromatic ring is 1. The highest BCUT2D eigenvalue weighted by Crippen LogP contribution is 2.15. The number of aryl methyl sites for hydroxylation is 1. The number of rotatable bonds is 5. The fourth-order valence-electron chi connectivity index (χ4n) is 1.97. The van der Waals surface area contributed by atoms with Crippen LogP contribution in [0.2, 0.25) is 0 Å². The van der Waals surface area contributed by atoms with Crippen molar-refractivity contribution < 1.29 is 18.3 Å². The number of aromatic nitrogens is 3. The predicted octanol–water partition coefficient (Wildman–Crippen LogP) is 2.59. The van der Waals surface area contributed by atoms with Crippen molar-refractivity contribution in [2.45, 2.75) is 13.5 Å². The Hall–Kier alpha value is -3.49. The van der Waals surface area contributed by atoms with E-state index in [4.69, 9.17) is 14.9 Å². The maximum atomic E-state index is 12.9. The minimum Gasteiger partial charge on any atom is -0.454 e. The van der Waals surface area contributed by atoms with Gasteiger partial charge < -0.3 is 20.2 Å². The summed E-state index contributed by atoms with van der Waals surface area (Å²) in [6.07, 6.45) is 0. The summed E-state index contributed by atoms with van der Waals surface area (Å²) in [5, 5.41) is 2.87. The molecule has 0 spiro atoms. The number of hydrogen-bond acceptors (Lipinski definition) is 8. The molecular formula is C16H14FN5O3. The lowest BCUT2D eigenvalue weighted by atomic mass is 10.3. The number of carbonyl (C=O) groups excluding carboxylic acids is 1. The average molecular weight is 343 g/mol. The maximum absolute atomic E-state index is 12.9. The Kier molecular flexibility index (Phi) is 4.55. The van der Waals surface area contributed by atoms with Gasteiger partial charge >= 0.3 is 5.97 Å². The minimum atomic E-state index is -0.639. The summed E-state index contributed by atoms with van der Waals surface area (Å²) in [6.45, 7) is 1.51. The lowest BCUT2D eigenvalue weighted by molar-refractivity contribution is 0.0424. The van der Waals surface area contributed by atoms with Gasteiger partial charge in [0.25, 0.3) is 0 Å². The number of ether oxygens (including phenoxy) is 1. The van der Waals surface area contributed by atoms with Crippen LogP contribution in [0.1, 0.15) is 22.1 Å². The molecule has 9 heteroatoms. The van der Waals surface area contributed by atoms with Crippen LogP contribution < -0.4 is 11.1 Å². The smallest absolute Gasteiger partial charge is 0.374 e. The SMILES string of the molecule is Cc1ccc(C(=O)OCc2nc(N)nc(Nc3ccc(F)cc3)n2)o1. The number of carbonyl (C=O) groups is 1. The second-order valence-electron chi connectivity index (χ2n) is 5.05. The molecule has 0 saturated heterocycles. The fourth-order valence-corrected chi connectivity index (χ4v) is 1.97. The van der Waals surface area contributed by atoms with Crippen molar-refractivity contribution in [3.63, 3.8) is 0 Å². The van der Waals surface area contributed by atoms with E-state index < -0.39 is 5.97 Å². The number of anilines is 3. The highest BCUT2D eigenvalue weighted by Gasteiger charge is 2.13. The Balaban J connectivity index is 1.68. The number of hydrogen-bond donors (Lipinski definition) is 2. The largest absolute Gasteiger partial charge is 0.454 e. The van der Waals surface area contributed by atoms with Gasteiger partial charge in [-0.3, -0.25) is 0 Å². The van der Waals surface area contributed by atoms with Crippen LogP contribution in [-0.4, -0.2) is 20.9 Å². The first-order valence-electron chi connectivity index (χ1n) is 7.26. The van der Waals surface area contributed by atoms with Gasteiger partial charge in [-0.1, -0.05) is 0 Å². The van der Waals surface area contributed by atoms with E-state index in [2.05, 4.69) is 20.3 Å². The number of halogens is 1. The molecule has 1 aromatic carbocycles. The lowest BCUT2D eigenvalue weighted by Crippen LogP contribution is -2.11. The van der Waals surface area contributed by atoms with Gasteiger partial charge in [-0.15, -0.1) is 0 Å². The number of benzene rings is 1. The summed E-state index contributed by atoms with van der Waals surface area (Å²) in [7, 11) is 0. The molecule has 2 heterocycles. The molecule has 25 heavy (non-hydrogen) atoms. The first kappa shape index (κ1) is 16.4. The van der Waals surface area contributed by atoms with E-state index in [0.717, 1.165) is 0 Å². The van der Waals surface area contributed by atoms with E-state index in [9.17, 15) is 9.18 Å². The van der Waals surface area contributed by atoms with Gasteiger partial charge in [-0.2, -0.15) is 15.0 Å². The molecule has 2 aromatic heterocycles. The van der Waals surface area contributed by atoms with Gasteiger partial charge in [0.1, 0.15) is 11.6 Å². The molecule has 0 radical (unpaired) electrons. The molecule has 0 unspecified atom stereocenters. The van der Waals surface area contributed by atoms with Crippen molar-refractivity contribution >= 4 is 23.6 Å². The molecule has 0 amide bonds. The molecule has 0 aliphatic rings. The van der Waals surface area contributed by atoms with Gasteiger partial charge in [0.15, 0.2) is 12.4 Å². The molecule has 3 aromatic rings. The van der Waals surface area contributed by atoms with E-state index >= 15 is 0 Å². The van der Waals surface area contributed by atoms with Crippen LogP contribution in [-0.2, 0) is 11.3 Å². The van der Waals surface area contributed by atoms with Crippen LogP contribution in [0.4, 0.5) is 22.0 Å². The van der Waals surface area contributed by atoms with Crippen LogP contribution in [0.15, 0.2) is 40.8 Å². The fraction of sp³-hybridized carbons (Fsp3) is 0.125. The zero-order valence-electron chi connectivity index (χ0n) is 13.2. The van der Waals surface area contributed by atoms with E-state index in [1.807, 2.05) is 0 Å². The summed E-state index contributed by atoms with van der Waals surface area (Å²) >= 11 is 0. The quantitative estimate of drug-likeness (QED) is 0.679. The Morgan fingerprint density at radius 2 is 1.96 bits per heavy atom. The molecule has 0 fully saturated rings. The monoisotopic (exact) mass is 343 g/mol. The number of furan rings is 1. The van der Waals surface area contributed by atoms with Gasteiger partial charge in [-0.05, 0) is 43.3 Å². The van der Waals surface area contributed by atoms with Gasteiger partial charge in [0, 0.05) is 5.69 Å². The molecule has 3 rings (SSSR count). The van der Waals surface area contributed by atoms with Crippen molar-refractivity contribution in [2.24, 2.45) is 0 Å². The molecule has 0 aliphatic carbocycles. The third-order valence-electron chi connectivity index (χ3n) is 3.07. The molecule has 0 atom stereocenters. The number of esters is 1. The highest BCUT2D eigenvalue weighted by atomic mass is 19.1. The highest BCUT2D eigenvalue weighted by molar-refractivity contribution is 5.86. The minimum absolute atomic E-state index is 0.0421. The van der Waals surface area contributed by atoms with Gasteiger partial charge in [0.2, 0.25) is 17.7 Å². The molecule has 8 nitrogen and oxygen atoms in total. The molecule has 0 saturated carbocycles. The van der Waals surface area contributed by atoms with Crippen molar-refractivity contribution in [3.8, 4) is 0 Å². The normalized spacial score (nSPS) is 10.5. The van der Waals surface area contributed by atoms with Crippen LogP contribution in [0, 0.1) is 12.7 Å². The van der Waals surface area contributed by atoms with E-state index in [1.54, 1.807) is 13.0 Å².